The van der Waals surface area contributed by atoms with Crippen LogP contribution >= 0.6 is 0 Å². The quantitative estimate of drug-likeness (QED) is 0.504. The molecule has 0 aromatic heterocycles. The first-order valence-corrected chi connectivity index (χ1v) is 8.59. The van der Waals surface area contributed by atoms with Crippen molar-refractivity contribution in [3.05, 3.63) is 47.5 Å². The van der Waals surface area contributed by atoms with Gasteiger partial charge in [-0.3, -0.25) is 4.79 Å². The van der Waals surface area contributed by atoms with Gasteiger partial charge in [-0.05, 0) is 29.8 Å². The number of hydrazone groups is 1. The van der Waals surface area contributed by atoms with Gasteiger partial charge in [0.25, 0.3) is 5.91 Å². The average Bonchev–Trinajstić information content (AvgIpc) is 2.73. The maximum absolute atomic E-state index is 12.4. The fourth-order valence-corrected chi connectivity index (χ4v) is 2.54. The predicted octanol–water partition coefficient (Wildman–Crippen LogP) is 1.90. The minimum Gasteiger partial charge on any atom is -0.493 e. The number of aliphatic hydroxyl groups excluding tert-OH is 1. The van der Waals surface area contributed by atoms with Gasteiger partial charge in [0.2, 0.25) is 5.75 Å². The van der Waals surface area contributed by atoms with Crippen molar-refractivity contribution in [3.8, 4) is 17.2 Å². The molecule has 0 bridgehead atoms. The molecule has 2 aromatic carbocycles. The van der Waals surface area contributed by atoms with Crippen LogP contribution in [0.3, 0.4) is 0 Å². The summed E-state index contributed by atoms with van der Waals surface area (Å²) in [4.78, 5) is 14.3. The molecule has 8 nitrogen and oxygen atoms in total. The highest BCUT2D eigenvalue weighted by atomic mass is 16.5. The Hall–Kier alpha value is -3.26. The molecule has 150 valence electrons. The van der Waals surface area contributed by atoms with Crippen molar-refractivity contribution >= 4 is 17.8 Å². The molecule has 2 aromatic rings. The molecule has 0 spiro atoms. The number of hydrogen-bond acceptors (Lipinski definition) is 7. The molecule has 0 heterocycles. The second-order valence-corrected chi connectivity index (χ2v) is 5.85. The normalized spacial score (nSPS) is 10.6. The van der Waals surface area contributed by atoms with Crippen molar-refractivity contribution in [1.82, 2.24) is 5.43 Å². The topological polar surface area (TPSA) is 92.6 Å². The Kier molecular flexibility index (Phi) is 7.65. The molecule has 0 fully saturated rings. The number of aliphatic hydroxyl groups is 1. The molecular weight excluding hydrogens is 362 g/mol. The van der Waals surface area contributed by atoms with Crippen LogP contribution in [0.4, 0.5) is 5.69 Å². The standard InChI is InChI=1S/C20H25N3O5/c1-23(9-10-24)16-7-5-14(6-8-16)13-21-22-20(25)15-11-17(26-2)19(28-4)18(12-15)27-3/h5-8,11-13,24H,9-10H2,1-4H3,(H,22,25)/b21-13+. The van der Waals surface area contributed by atoms with Crippen LogP contribution in [-0.4, -0.2) is 58.8 Å². The second-order valence-electron chi connectivity index (χ2n) is 5.85. The summed E-state index contributed by atoms with van der Waals surface area (Å²) in [7, 11) is 6.37. The molecule has 0 saturated carbocycles. The molecule has 28 heavy (non-hydrogen) atoms. The van der Waals surface area contributed by atoms with Gasteiger partial charge in [0.15, 0.2) is 11.5 Å². The van der Waals surface area contributed by atoms with Gasteiger partial charge in [-0.25, -0.2) is 5.43 Å². The van der Waals surface area contributed by atoms with E-state index in [0.29, 0.717) is 29.4 Å². The van der Waals surface area contributed by atoms with E-state index < -0.39 is 5.91 Å². The summed E-state index contributed by atoms with van der Waals surface area (Å²) in [6.07, 6.45) is 1.55. The fraction of sp³-hybridized carbons (Fsp3) is 0.300. The lowest BCUT2D eigenvalue weighted by Crippen LogP contribution is -2.20. The Labute approximate surface area is 164 Å². The van der Waals surface area contributed by atoms with E-state index in [9.17, 15) is 4.79 Å². The van der Waals surface area contributed by atoms with Crippen LogP contribution in [0, 0.1) is 0 Å². The van der Waals surface area contributed by atoms with Crippen molar-refractivity contribution < 1.29 is 24.1 Å². The number of carbonyl (C=O) groups is 1. The Morgan fingerprint density at radius 2 is 1.71 bits per heavy atom. The summed E-state index contributed by atoms with van der Waals surface area (Å²) in [5, 5.41) is 13.0. The number of carbonyl (C=O) groups excluding carboxylic acids is 1. The van der Waals surface area contributed by atoms with Crippen molar-refractivity contribution in [2.75, 3.05) is 46.4 Å². The summed E-state index contributed by atoms with van der Waals surface area (Å²) in [6.45, 7) is 0.644. The number of likely N-dealkylation sites (N-methyl/N-ethyl adjacent to an activating group) is 1. The molecule has 1 amide bonds. The van der Waals surface area contributed by atoms with E-state index in [1.54, 1.807) is 18.3 Å². The lowest BCUT2D eigenvalue weighted by Gasteiger charge is -2.17. The summed E-state index contributed by atoms with van der Waals surface area (Å²) in [5.41, 5.74) is 4.61. The largest absolute Gasteiger partial charge is 0.493 e. The third kappa shape index (κ3) is 5.14. The number of hydrogen-bond donors (Lipinski definition) is 2. The Morgan fingerprint density at radius 3 is 2.21 bits per heavy atom. The minimum atomic E-state index is -0.408. The zero-order valence-electron chi connectivity index (χ0n) is 16.4. The number of nitrogens with zero attached hydrogens (tertiary/aromatic N) is 2. The third-order valence-electron chi connectivity index (χ3n) is 4.08. The number of rotatable bonds is 9. The van der Waals surface area contributed by atoms with E-state index in [2.05, 4.69) is 10.5 Å². The highest BCUT2D eigenvalue weighted by Gasteiger charge is 2.16. The van der Waals surface area contributed by atoms with Gasteiger partial charge in [0.05, 0.1) is 34.2 Å². The van der Waals surface area contributed by atoms with Gasteiger partial charge in [-0.1, -0.05) is 12.1 Å². The zero-order chi connectivity index (χ0) is 20.5. The summed E-state index contributed by atoms with van der Waals surface area (Å²) < 4.78 is 15.7. The van der Waals surface area contributed by atoms with Gasteiger partial charge < -0.3 is 24.2 Å². The summed E-state index contributed by atoms with van der Waals surface area (Å²) in [6, 6.07) is 10.7. The second kappa shape index (κ2) is 10.2. The molecule has 0 aliphatic heterocycles. The molecule has 0 radical (unpaired) electrons. The number of nitrogens with one attached hydrogen (secondary N) is 1. The van der Waals surface area contributed by atoms with E-state index >= 15 is 0 Å². The number of amides is 1. The van der Waals surface area contributed by atoms with Crippen LogP contribution < -0.4 is 24.5 Å². The van der Waals surface area contributed by atoms with Crippen molar-refractivity contribution in [2.45, 2.75) is 0 Å². The number of methoxy groups -OCH3 is 3. The van der Waals surface area contributed by atoms with Crippen LogP contribution in [0.5, 0.6) is 17.2 Å². The monoisotopic (exact) mass is 387 g/mol. The van der Waals surface area contributed by atoms with Crippen molar-refractivity contribution in [1.29, 1.82) is 0 Å². The molecular formula is C20H25N3O5. The number of anilines is 1. The van der Waals surface area contributed by atoms with E-state index in [-0.39, 0.29) is 6.61 Å². The van der Waals surface area contributed by atoms with Crippen molar-refractivity contribution in [3.63, 3.8) is 0 Å². The average molecular weight is 387 g/mol. The van der Waals surface area contributed by atoms with Crippen LogP contribution in [0.2, 0.25) is 0 Å². The molecule has 0 saturated heterocycles. The van der Waals surface area contributed by atoms with Crippen LogP contribution in [0.15, 0.2) is 41.5 Å². The Morgan fingerprint density at radius 1 is 1.11 bits per heavy atom. The highest BCUT2D eigenvalue weighted by molar-refractivity contribution is 5.96. The molecule has 2 N–H and O–H groups in total. The van der Waals surface area contributed by atoms with Gasteiger partial charge in [0.1, 0.15) is 0 Å². The van der Waals surface area contributed by atoms with Crippen LogP contribution in [0.25, 0.3) is 0 Å². The van der Waals surface area contributed by atoms with E-state index in [4.69, 9.17) is 19.3 Å². The molecule has 0 unspecified atom stereocenters. The first kappa shape index (κ1) is 21.0. The molecule has 0 aliphatic carbocycles. The molecule has 0 aliphatic rings. The smallest absolute Gasteiger partial charge is 0.271 e. The number of benzene rings is 2. The summed E-state index contributed by atoms with van der Waals surface area (Å²) >= 11 is 0. The van der Waals surface area contributed by atoms with Gasteiger partial charge in [-0.2, -0.15) is 5.10 Å². The van der Waals surface area contributed by atoms with Crippen LogP contribution in [-0.2, 0) is 0 Å². The van der Waals surface area contributed by atoms with E-state index in [0.717, 1.165) is 11.3 Å². The molecule has 2 rings (SSSR count). The predicted molar refractivity (Wildman–Crippen MR) is 108 cm³/mol. The first-order chi connectivity index (χ1) is 13.5. The summed E-state index contributed by atoms with van der Waals surface area (Å²) in [5.74, 6) is 0.781. The minimum absolute atomic E-state index is 0.0900. The Balaban J connectivity index is 2.07. The van der Waals surface area contributed by atoms with Gasteiger partial charge in [0, 0.05) is 24.8 Å². The molecule has 0 atom stereocenters. The Bertz CT molecular complexity index is 796. The fourth-order valence-electron chi connectivity index (χ4n) is 2.54. The SMILES string of the molecule is COc1cc(C(=O)N/N=C/c2ccc(N(C)CCO)cc2)cc(OC)c1OC. The maximum atomic E-state index is 12.4. The van der Waals surface area contributed by atoms with Crippen molar-refractivity contribution in [2.24, 2.45) is 5.10 Å². The third-order valence-corrected chi connectivity index (χ3v) is 4.08. The lowest BCUT2D eigenvalue weighted by molar-refractivity contribution is 0.0954. The molecule has 8 heteroatoms. The van der Waals surface area contributed by atoms with Crippen LogP contribution in [0.1, 0.15) is 15.9 Å². The van der Waals surface area contributed by atoms with E-state index in [1.807, 2.05) is 36.2 Å². The van der Waals surface area contributed by atoms with Gasteiger partial charge >= 0.3 is 0 Å². The number of ether oxygens (including phenoxy) is 3. The highest BCUT2D eigenvalue weighted by Crippen LogP contribution is 2.38. The lowest BCUT2D eigenvalue weighted by atomic mass is 10.1. The van der Waals surface area contributed by atoms with E-state index in [1.165, 1.54) is 21.3 Å². The zero-order valence-corrected chi connectivity index (χ0v) is 16.4. The van der Waals surface area contributed by atoms with Gasteiger partial charge in [-0.15, -0.1) is 0 Å². The maximum Gasteiger partial charge on any atom is 0.271 e. The first-order valence-electron chi connectivity index (χ1n) is 8.59.